The molecule has 1 aromatic rings. The molecule has 1 N–H and O–H groups in total. The second kappa shape index (κ2) is 7.79. The number of benzene rings is 1. The first kappa shape index (κ1) is 19.4. The van der Waals surface area contributed by atoms with Crippen LogP contribution in [0, 0.1) is 13.8 Å². The van der Waals surface area contributed by atoms with Gasteiger partial charge in [-0.05, 0) is 52.1 Å². The highest BCUT2D eigenvalue weighted by molar-refractivity contribution is 7.92. The molecular formula is C16H27N3O3S. The Bertz CT molecular complexity index is 657. The molecule has 1 atom stereocenters. The van der Waals surface area contributed by atoms with E-state index in [9.17, 15) is 13.2 Å². The molecule has 1 aromatic carbocycles. The van der Waals surface area contributed by atoms with E-state index in [1.54, 1.807) is 13.0 Å². The number of sulfonamides is 1. The third kappa shape index (κ3) is 5.51. The van der Waals surface area contributed by atoms with Crippen LogP contribution < -0.4 is 9.62 Å². The number of aryl methyl sites for hydroxylation is 2. The lowest BCUT2D eigenvalue weighted by Crippen LogP contribution is -2.49. The molecule has 0 saturated carbocycles. The molecule has 0 bridgehead atoms. The molecule has 1 unspecified atom stereocenters. The van der Waals surface area contributed by atoms with Crippen LogP contribution in [0.3, 0.4) is 0 Å². The summed E-state index contributed by atoms with van der Waals surface area (Å²) in [5, 5.41) is 2.78. The Kier molecular flexibility index (Phi) is 6.58. The van der Waals surface area contributed by atoms with Crippen molar-refractivity contribution in [2.45, 2.75) is 26.8 Å². The minimum absolute atomic E-state index is 0.307. The highest BCUT2D eigenvalue weighted by Gasteiger charge is 2.29. The van der Waals surface area contributed by atoms with Crippen molar-refractivity contribution in [3.8, 4) is 0 Å². The van der Waals surface area contributed by atoms with Crippen LogP contribution in [0.2, 0.25) is 0 Å². The number of amides is 1. The average molecular weight is 341 g/mol. The van der Waals surface area contributed by atoms with Crippen molar-refractivity contribution in [3.63, 3.8) is 0 Å². The summed E-state index contributed by atoms with van der Waals surface area (Å²) in [5.74, 6) is -0.307. The van der Waals surface area contributed by atoms with Gasteiger partial charge in [-0.2, -0.15) is 0 Å². The van der Waals surface area contributed by atoms with E-state index in [4.69, 9.17) is 0 Å². The third-order valence-electron chi connectivity index (χ3n) is 3.55. The lowest BCUT2D eigenvalue weighted by atomic mass is 10.1. The molecule has 0 aliphatic carbocycles. The van der Waals surface area contributed by atoms with Gasteiger partial charge in [0.2, 0.25) is 15.9 Å². The van der Waals surface area contributed by atoms with Gasteiger partial charge in [-0.15, -0.1) is 0 Å². The lowest BCUT2D eigenvalue weighted by molar-refractivity contribution is -0.121. The Balaban J connectivity index is 3.08. The van der Waals surface area contributed by atoms with E-state index >= 15 is 0 Å². The normalized spacial score (nSPS) is 13.0. The summed E-state index contributed by atoms with van der Waals surface area (Å²) >= 11 is 0. The first-order valence-corrected chi connectivity index (χ1v) is 9.38. The van der Waals surface area contributed by atoms with Crippen molar-refractivity contribution in [1.29, 1.82) is 0 Å². The molecule has 6 nitrogen and oxygen atoms in total. The number of nitrogens with one attached hydrogen (secondary N) is 1. The minimum atomic E-state index is -3.58. The Morgan fingerprint density at radius 2 is 1.87 bits per heavy atom. The number of rotatable bonds is 7. The quantitative estimate of drug-likeness (QED) is 0.807. The lowest BCUT2D eigenvalue weighted by Gasteiger charge is -2.30. The fourth-order valence-corrected chi connectivity index (χ4v) is 3.51. The number of likely N-dealkylation sites (N-methyl/N-ethyl adjacent to an activating group) is 1. The predicted octanol–water partition coefficient (Wildman–Crippen LogP) is 1.14. The molecule has 0 aliphatic heterocycles. The van der Waals surface area contributed by atoms with Gasteiger partial charge in [0.25, 0.3) is 0 Å². The van der Waals surface area contributed by atoms with Crippen molar-refractivity contribution >= 4 is 21.6 Å². The van der Waals surface area contributed by atoms with Crippen LogP contribution in [0.5, 0.6) is 0 Å². The van der Waals surface area contributed by atoms with Gasteiger partial charge < -0.3 is 10.2 Å². The summed E-state index contributed by atoms with van der Waals surface area (Å²) in [4.78, 5) is 14.3. The molecule has 130 valence electrons. The summed E-state index contributed by atoms with van der Waals surface area (Å²) in [6.45, 7) is 6.50. The molecule has 1 amide bonds. The first-order valence-electron chi connectivity index (χ1n) is 7.53. The second-order valence-corrected chi connectivity index (χ2v) is 7.98. The SMILES string of the molecule is Cc1ccc(C)c(N(C(C)C(=O)NCCN(C)C)S(C)(=O)=O)c1. The zero-order valence-corrected chi connectivity index (χ0v) is 15.6. The maximum absolute atomic E-state index is 12.3. The molecule has 0 saturated heterocycles. The zero-order valence-electron chi connectivity index (χ0n) is 14.8. The van der Waals surface area contributed by atoms with E-state index in [2.05, 4.69) is 5.32 Å². The molecule has 0 aromatic heterocycles. The van der Waals surface area contributed by atoms with Crippen molar-refractivity contribution in [3.05, 3.63) is 29.3 Å². The van der Waals surface area contributed by atoms with Crippen molar-refractivity contribution < 1.29 is 13.2 Å². The predicted molar refractivity (Wildman–Crippen MR) is 94.3 cm³/mol. The largest absolute Gasteiger partial charge is 0.353 e. The van der Waals surface area contributed by atoms with Crippen LogP contribution in [-0.2, 0) is 14.8 Å². The maximum Gasteiger partial charge on any atom is 0.243 e. The van der Waals surface area contributed by atoms with Crippen molar-refractivity contribution in [2.75, 3.05) is 37.7 Å². The van der Waals surface area contributed by atoms with E-state index in [0.717, 1.165) is 17.4 Å². The van der Waals surface area contributed by atoms with Crippen molar-refractivity contribution in [1.82, 2.24) is 10.2 Å². The summed E-state index contributed by atoms with van der Waals surface area (Å²) in [6, 6.07) is 4.76. The van der Waals surface area contributed by atoms with Gasteiger partial charge in [0.15, 0.2) is 0 Å². The third-order valence-corrected chi connectivity index (χ3v) is 4.78. The highest BCUT2D eigenvalue weighted by Crippen LogP contribution is 2.26. The molecule has 23 heavy (non-hydrogen) atoms. The molecule has 0 fully saturated rings. The van der Waals surface area contributed by atoms with Gasteiger partial charge in [-0.25, -0.2) is 8.42 Å². The highest BCUT2D eigenvalue weighted by atomic mass is 32.2. The Labute approximate surface area is 139 Å². The molecule has 0 spiro atoms. The smallest absolute Gasteiger partial charge is 0.243 e. The monoisotopic (exact) mass is 341 g/mol. The standard InChI is InChI=1S/C16H27N3O3S/c1-12-7-8-13(2)15(11-12)19(23(6,21)22)14(3)16(20)17-9-10-18(4)5/h7-8,11,14H,9-10H2,1-6H3,(H,17,20). The topological polar surface area (TPSA) is 69.7 Å². The van der Waals surface area contributed by atoms with Gasteiger partial charge in [0, 0.05) is 13.1 Å². The van der Waals surface area contributed by atoms with Crippen LogP contribution in [-0.4, -0.2) is 58.7 Å². The van der Waals surface area contributed by atoms with Gasteiger partial charge >= 0.3 is 0 Å². The number of carbonyl (C=O) groups excluding carboxylic acids is 1. The fraction of sp³-hybridized carbons (Fsp3) is 0.562. The van der Waals surface area contributed by atoms with Crippen molar-refractivity contribution in [2.24, 2.45) is 0 Å². The first-order chi connectivity index (χ1) is 10.5. The van der Waals surface area contributed by atoms with Crippen LogP contribution in [0.25, 0.3) is 0 Å². The minimum Gasteiger partial charge on any atom is -0.353 e. The van der Waals surface area contributed by atoms with Crippen LogP contribution >= 0.6 is 0 Å². The van der Waals surface area contributed by atoms with E-state index < -0.39 is 16.1 Å². The Hall–Kier alpha value is -1.60. The van der Waals surface area contributed by atoms with Crippen LogP contribution in [0.4, 0.5) is 5.69 Å². The molecule has 0 radical (unpaired) electrons. The molecule has 1 rings (SSSR count). The number of anilines is 1. The number of hydrogen-bond donors (Lipinski definition) is 1. The van der Waals surface area contributed by atoms with E-state index in [1.165, 1.54) is 4.31 Å². The van der Waals surface area contributed by atoms with Crippen LogP contribution in [0.15, 0.2) is 18.2 Å². The number of nitrogens with zero attached hydrogens (tertiary/aromatic N) is 2. The Morgan fingerprint density at radius 3 is 2.39 bits per heavy atom. The van der Waals surface area contributed by atoms with Gasteiger partial charge in [0.05, 0.1) is 11.9 Å². The van der Waals surface area contributed by atoms with Gasteiger partial charge in [0.1, 0.15) is 6.04 Å². The molecular weight excluding hydrogens is 314 g/mol. The summed E-state index contributed by atoms with van der Waals surface area (Å²) in [5.41, 5.74) is 2.30. The van der Waals surface area contributed by atoms with Gasteiger partial charge in [-0.1, -0.05) is 12.1 Å². The summed E-state index contributed by atoms with van der Waals surface area (Å²) < 4.78 is 25.7. The van der Waals surface area contributed by atoms with Crippen LogP contribution in [0.1, 0.15) is 18.1 Å². The molecule has 7 heteroatoms. The summed E-state index contributed by atoms with van der Waals surface area (Å²) in [6.07, 6.45) is 1.12. The van der Waals surface area contributed by atoms with E-state index in [1.807, 2.05) is 45.0 Å². The fourth-order valence-electron chi connectivity index (χ4n) is 2.29. The number of hydrogen-bond acceptors (Lipinski definition) is 4. The second-order valence-electron chi connectivity index (χ2n) is 6.12. The van der Waals surface area contributed by atoms with E-state index in [0.29, 0.717) is 18.8 Å². The molecule has 0 heterocycles. The average Bonchev–Trinajstić information content (AvgIpc) is 2.40. The maximum atomic E-state index is 12.3. The molecule has 0 aliphatic rings. The Morgan fingerprint density at radius 1 is 1.26 bits per heavy atom. The number of carbonyl (C=O) groups is 1. The zero-order chi connectivity index (χ0) is 17.8. The van der Waals surface area contributed by atoms with E-state index in [-0.39, 0.29) is 5.91 Å². The van der Waals surface area contributed by atoms with Gasteiger partial charge in [-0.3, -0.25) is 9.10 Å². The summed E-state index contributed by atoms with van der Waals surface area (Å²) in [7, 11) is 0.242.